The van der Waals surface area contributed by atoms with Crippen molar-refractivity contribution in [2.75, 3.05) is 19.7 Å². The van der Waals surface area contributed by atoms with E-state index in [2.05, 4.69) is 5.32 Å². The average Bonchev–Trinajstić information content (AvgIpc) is 2.54. The molecule has 0 radical (unpaired) electrons. The van der Waals surface area contributed by atoms with Crippen LogP contribution in [-0.2, 0) is 22.3 Å². The first-order valence-corrected chi connectivity index (χ1v) is 7.63. The Kier molecular flexibility index (Phi) is 5.82. The Labute approximate surface area is 137 Å². The first-order chi connectivity index (χ1) is 11.3. The van der Waals surface area contributed by atoms with Crippen molar-refractivity contribution < 1.29 is 27.9 Å². The molecule has 8 heteroatoms. The molecule has 1 aliphatic heterocycles. The van der Waals surface area contributed by atoms with Crippen LogP contribution in [0.4, 0.5) is 13.2 Å². The predicted octanol–water partition coefficient (Wildman–Crippen LogP) is 1.55. The van der Waals surface area contributed by atoms with E-state index in [9.17, 15) is 22.8 Å². The summed E-state index contributed by atoms with van der Waals surface area (Å²) >= 11 is 0. The minimum Gasteiger partial charge on any atom is -0.395 e. The number of benzene rings is 1. The molecule has 0 aromatic heterocycles. The van der Waals surface area contributed by atoms with Crippen LogP contribution in [0.1, 0.15) is 24.0 Å². The average molecular weight is 344 g/mol. The van der Waals surface area contributed by atoms with Gasteiger partial charge in [-0.15, -0.1) is 0 Å². The van der Waals surface area contributed by atoms with Gasteiger partial charge >= 0.3 is 6.18 Å². The molecule has 1 heterocycles. The van der Waals surface area contributed by atoms with Gasteiger partial charge in [-0.1, -0.05) is 12.1 Å². The van der Waals surface area contributed by atoms with Crippen molar-refractivity contribution in [2.24, 2.45) is 5.92 Å². The van der Waals surface area contributed by atoms with Crippen LogP contribution in [0.2, 0.25) is 0 Å². The number of carbonyl (C=O) groups is 2. The van der Waals surface area contributed by atoms with Gasteiger partial charge in [0.05, 0.1) is 18.1 Å². The third-order valence-corrected chi connectivity index (χ3v) is 3.91. The van der Waals surface area contributed by atoms with E-state index in [1.165, 1.54) is 17.0 Å². The number of aliphatic hydroxyl groups is 1. The molecular weight excluding hydrogens is 325 g/mol. The summed E-state index contributed by atoms with van der Waals surface area (Å²) in [7, 11) is 0. The summed E-state index contributed by atoms with van der Waals surface area (Å²) in [4.78, 5) is 25.3. The highest BCUT2D eigenvalue weighted by Gasteiger charge is 2.32. The second-order valence-electron chi connectivity index (χ2n) is 5.72. The molecule has 1 aromatic rings. The van der Waals surface area contributed by atoms with Gasteiger partial charge in [0.2, 0.25) is 11.8 Å². The van der Waals surface area contributed by atoms with Crippen molar-refractivity contribution in [3.05, 3.63) is 35.4 Å². The molecule has 2 amide bonds. The quantitative estimate of drug-likeness (QED) is 0.852. The van der Waals surface area contributed by atoms with Crippen molar-refractivity contribution in [3.8, 4) is 0 Å². The van der Waals surface area contributed by atoms with E-state index in [1.807, 2.05) is 0 Å². The van der Waals surface area contributed by atoms with Gasteiger partial charge in [-0.2, -0.15) is 13.2 Å². The Bertz CT molecular complexity index is 604. The van der Waals surface area contributed by atoms with Crippen LogP contribution in [0.3, 0.4) is 0 Å². The number of piperidine rings is 1. The highest BCUT2D eigenvalue weighted by Crippen LogP contribution is 2.30. The predicted molar refractivity (Wildman–Crippen MR) is 79.7 cm³/mol. The monoisotopic (exact) mass is 344 g/mol. The molecule has 0 unspecified atom stereocenters. The Hall–Kier alpha value is -2.09. The molecule has 24 heavy (non-hydrogen) atoms. The van der Waals surface area contributed by atoms with Gasteiger partial charge in [0.1, 0.15) is 0 Å². The summed E-state index contributed by atoms with van der Waals surface area (Å²) in [5, 5.41) is 11.3. The molecule has 0 saturated carbocycles. The normalized spacial score (nSPS) is 18.6. The first kappa shape index (κ1) is 18.3. The zero-order valence-corrected chi connectivity index (χ0v) is 13.0. The molecule has 1 atom stereocenters. The first-order valence-electron chi connectivity index (χ1n) is 7.63. The molecule has 0 bridgehead atoms. The van der Waals surface area contributed by atoms with E-state index in [0.717, 1.165) is 12.1 Å². The number of likely N-dealkylation sites (tertiary alicyclic amines) is 1. The minimum absolute atomic E-state index is 0.0343. The van der Waals surface area contributed by atoms with Crippen LogP contribution in [0.25, 0.3) is 0 Å². The number of halogens is 3. The molecule has 1 saturated heterocycles. The van der Waals surface area contributed by atoms with Crippen molar-refractivity contribution in [3.63, 3.8) is 0 Å². The third kappa shape index (κ3) is 4.70. The van der Waals surface area contributed by atoms with Crippen LogP contribution < -0.4 is 5.32 Å². The maximum absolute atomic E-state index is 12.8. The Balaban J connectivity index is 2.05. The zero-order chi connectivity index (χ0) is 17.7. The van der Waals surface area contributed by atoms with Crippen molar-refractivity contribution >= 4 is 11.8 Å². The Morgan fingerprint density at radius 2 is 2.12 bits per heavy atom. The van der Waals surface area contributed by atoms with Gasteiger partial charge in [0, 0.05) is 26.1 Å². The van der Waals surface area contributed by atoms with E-state index in [-0.39, 0.29) is 44.5 Å². The summed E-state index contributed by atoms with van der Waals surface area (Å²) in [6.07, 6.45) is -3.86. The van der Waals surface area contributed by atoms with E-state index in [1.54, 1.807) is 0 Å². The molecule has 2 rings (SSSR count). The fraction of sp³-hybridized carbons (Fsp3) is 0.500. The van der Waals surface area contributed by atoms with Crippen molar-refractivity contribution in [1.82, 2.24) is 10.2 Å². The molecular formula is C16H19F3N2O3. The fourth-order valence-electron chi connectivity index (χ4n) is 2.67. The second kappa shape index (κ2) is 7.65. The van der Waals surface area contributed by atoms with Crippen LogP contribution in [0.5, 0.6) is 0 Å². The summed E-state index contributed by atoms with van der Waals surface area (Å²) < 4.78 is 38.3. The largest absolute Gasteiger partial charge is 0.416 e. The topological polar surface area (TPSA) is 69.6 Å². The molecule has 132 valence electrons. The van der Waals surface area contributed by atoms with E-state index < -0.39 is 17.7 Å². The van der Waals surface area contributed by atoms with Gasteiger partial charge in [-0.25, -0.2) is 0 Å². The number of alkyl halides is 3. The van der Waals surface area contributed by atoms with Gasteiger partial charge in [-0.05, 0) is 24.1 Å². The summed E-state index contributed by atoms with van der Waals surface area (Å²) in [6, 6.07) is 4.82. The lowest BCUT2D eigenvalue weighted by Crippen LogP contribution is -2.45. The van der Waals surface area contributed by atoms with E-state index >= 15 is 0 Å². The molecule has 1 fully saturated rings. The zero-order valence-electron chi connectivity index (χ0n) is 13.0. The van der Waals surface area contributed by atoms with Gasteiger partial charge in [0.15, 0.2) is 0 Å². The lowest BCUT2D eigenvalue weighted by Gasteiger charge is -2.32. The highest BCUT2D eigenvalue weighted by atomic mass is 19.4. The van der Waals surface area contributed by atoms with Gasteiger partial charge in [0.25, 0.3) is 0 Å². The maximum Gasteiger partial charge on any atom is 0.416 e. The van der Waals surface area contributed by atoms with Crippen LogP contribution in [0.15, 0.2) is 24.3 Å². The number of hydrogen-bond acceptors (Lipinski definition) is 3. The molecule has 0 spiro atoms. The second-order valence-corrected chi connectivity index (χ2v) is 5.72. The van der Waals surface area contributed by atoms with E-state index in [4.69, 9.17) is 5.11 Å². The third-order valence-electron chi connectivity index (χ3n) is 3.91. The van der Waals surface area contributed by atoms with Crippen LogP contribution >= 0.6 is 0 Å². The lowest BCUT2D eigenvalue weighted by atomic mass is 9.96. The highest BCUT2D eigenvalue weighted by molar-refractivity contribution is 5.83. The number of aliphatic hydroxyl groups excluding tert-OH is 1. The van der Waals surface area contributed by atoms with Crippen LogP contribution in [0, 0.1) is 5.92 Å². The standard InChI is InChI=1S/C16H19F3N2O3/c17-16(18,19)13-3-1-2-11(8-13)9-21-10-12(4-5-14(21)23)15(24)20-6-7-22/h1-3,8,12,22H,4-7,9-10H2,(H,20,24)/t12-/m1/s1. The number of nitrogens with one attached hydrogen (secondary N) is 1. The molecule has 0 aliphatic carbocycles. The summed E-state index contributed by atoms with van der Waals surface area (Å²) in [6.45, 7) is 0.154. The molecule has 5 nitrogen and oxygen atoms in total. The Morgan fingerprint density at radius 1 is 1.38 bits per heavy atom. The van der Waals surface area contributed by atoms with Gasteiger partial charge in [-0.3, -0.25) is 9.59 Å². The van der Waals surface area contributed by atoms with Crippen molar-refractivity contribution in [2.45, 2.75) is 25.6 Å². The summed E-state index contributed by atoms with van der Waals surface area (Å²) in [5.74, 6) is -0.857. The maximum atomic E-state index is 12.8. The number of nitrogens with zero attached hydrogens (tertiary/aromatic N) is 1. The number of rotatable bonds is 5. The lowest BCUT2D eigenvalue weighted by molar-refractivity contribution is -0.139. The fourth-order valence-corrected chi connectivity index (χ4v) is 2.67. The summed E-state index contributed by atoms with van der Waals surface area (Å²) in [5.41, 5.74) is -0.392. The molecule has 2 N–H and O–H groups in total. The Morgan fingerprint density at radius 3 is 2.79 bits per heavy atom. The minimum atomic E-state index is -4.44. The van der Waals surface area contributed by atoms with E-state index in [0.29, 0.717) is 12.0 Å². The number of carbonyl (C=O) groups excluding carboxylic acids is 2. The number of hydrogen-bond donors (Lipinski definition) is 2. The van der Waals surface area contributed by atoms with Crippen LogP contribution in [-0.4, -0.2) is 41.5 Å². The molecule has 1 aliphatic rings. The van der Waals surface area contributed by atoms with Crippen molar-refractivity contribution in [1.29, 1.82) is 0 Å². The SMILES string of the molecule is O=C(NCCO)[C@@H]1CCC(=O)N(Cc2cccc(C(F)(F)F)c2)C1. The smallest absolute Gasteiger partial charge is 0.395 e. The van der Waals surface area contributed by atoms with Gasteiger partial charge < -0.3 is 15.3 Å². The molecule has 1 aromatic carbocycles. The number of amides is 2.